The lowest BCUT2D eigenvalue weighted by atomic mass is 10.0. The van der Waals surface area contributed by atoms with Gasteiger partial charge in [0.25, 0.3) is 5.91 Å². The van der Waals surface area contributed by atoms with Gasteiger partial charge in [-0.05, 0) is 48.7 Å². The third-order valence-corrected chi connectivity index (χ3v) is 4.15. The molecule has 4 heteroatoms. The molecule has 0 radical (unpaired) electrons. The molecule has 0 aliphatic carbocycles. The molecule has 2 rings (SSSR count). The van der Waals surface area contributed by atoms with E-state index in [2.05, 4.69) is 12.2 Å². The molecule has 0 aliphatic heterocycles. The lowest BCUT2D eigenvalue weighted by molar-refractivity contribution is 0.0826. The van der Waals surface area contributed by atoms with Crippen LogP contribution in [0.1, 0.15) is 47.4 Å². The van der Waals surface area contributed by atoms with E-state index in [1.54, 1.807) is 19.2 Å². The fourth-order valence-corrected chi connectivity index (χ4v) is 2.59. The van der Waals surface area contributed by atoms with Crippen LogP contribution in [0.3, 0.4) is 0 Å². The lowest BCUT2D eigenvalue weighted by Crippen LogP contribution is -2.29. The topological polar surface area (TPSA) is 47.6 Å². The summed E-state index contributed by atoms with van der Waals surface area (Å²) < 4.78 is 11.2. The first kappa shape index (κ1) is 19.0. The van der Waals surface area contributed by atoms with E-state index < -0.39 is 0 Å². The molecule has 1 N–H and O–H groups in total. The first-order chi connectivity index (χ1) is 12.2. The van der Waals surface area contributed by atoms with Gasteiger partial charge in [-0.3, -0.25) is 4.79 Å². The van der Waals surface area contributed by atoms with E-state index >= 15 is 0 Å². The summed E-state index contributed by atoms with van der Waals surface area (Å²) in [4.78, 5) is 12.3. The first-order valence-electron chi connectivity index (χ1n) is 8.75. The molecule has 1 atom stereocenters. The molecule has 0 aromatic heterocycles. The van der Waals surface area contributed by atoms with E-state index in [9.17, 15) is 4.79 Å². The van der Waals surface area contributed by atoms with Crippen molar-refractivity contribution < 1.29 is 14.3 Å². The summed E-state index contributed by atoms with van der Waals surface area (Å²) in [5.74, 6) is 0.676. The van der Waals surface area contributed by atoms with Crippen molar-refractivity contribution in [1.29, 1.82) is 0 Å². The third-order valence-electron chi connectivity index (χ3n) is 4.15. The van der Waals surface area contributed by atoms with Gasteiger partial charge in [0.15, 0.2) is 0 Å². The molecule has 0 bridgehead atoms. The monoisotopic (exact) mass is 341 g/mol. The molecular formula is C21H27NO3. The Labute approximate surface area is 150 Å². The van der Waals surface area contributed by atoms with Crippen LogP contribution >= 0.6 is 0 Å². The fourth-order valence-electron chi connectivity index (χ4n) is 2.59. The van der Waals surface area contributed by atoms with Crippen molar-refractivity contribution in [2.45, 2.75) is 32.8 Å². The lowest BCUT2D eigenvalue weighted by Gasteiger charge is -2.18. The largest absolute Gasteiger partial charge is 0.494 e. The van der Waals surface area contributed by atoms with Gasteiger partial charge in [0.1, 0.15) is 5.75 Å². The highest BCUT2D eigenvalue weighted by atomic mass is 16.5. The molecule has 25 heavy (non-hydrogen) atoms. The standard InChI is InChI=1S/C21H27NO3/c1-4-5-14-25-18-12-10-17(11-13-18)21(23)22-15-20(24-3)19-9-7-6-8-16(19)2/h6-13,20H,4-5,14-15H2,1-3H3,(H,22,23)/t20-/m0/s1. The Morgan fingerprint density at radius 3 is 2.48 bits per heavy atom. The summed E-state index contributed by atoms with van der Waals surface area (Å²) in [6.07, 6.45) is 1.96. The van der Waals surface area contributed by atoms with Crippen molar-refractivity contribution in [1.82, 2.24) is 5.32 Å². The average Bonchev–Trinajstić information content (AvgIpc) is 2.64. The Kier molecular flexibility index (Phi) is 7.48. The number of carbonyl (C=O) groups is 1. The number of amides is 1. The van der Waals surface area contributed by atoms with Crippen molar-refractivity contribution in [3.8, 4) is 5.75 Å². The van der Waals surface area contributed by atoms with Crippen LogP contribution in [-0.2, 0) is 4.74 Å². The number of nitrogens with one attached hydrogen (secondary N) is 1. The molecule has 0 unspecified atom stereocenters. The second-order valence-corrected chi connectivity index (χ2v) is 6.02. The molecule has 134 valence electrons. The maximum Gasteiger partial charge on any atom is 0.251 e. The molecule has 0 saturated carbocycles. The summed E-state index contributed by atoms with van der Waals surface area (Å²) in [5, 5.41) is 2.94. The van der Waals surface area contributed by atoms with Crippen molar-refractivity contribution >= 4 is 5.91 Å². The number of hydrogen-bond acceptors (Lipinski definition) is 3. The van der Waals surface area contributed by atoms with E-state index in [4.69, 9.17) is 9.47 Å². The molecule has 4 nitrogen and oxygen atoms in total. The quantitative estimate of drug-likeness (QED) is 0.692. The van der Waals surface area contributed by atoms with Crippen molar-refractivity contribution in [2.24, 2.45) is 0 Å². The second-order valence-electron chi connectivity index (χ2n) is 6.02. The first-order valence-corrected chi connectivity index (χ1v) is 8.75. The molecular weight excluding hydrogens is 314 g/mol. The van der Waals surface area contributed by atoms with E-state index in [0.29, 0.717) is 18.7 Å². The van der Waals surface area contributed by atoms with Crippen LogP contribution in [0.2, 0.25) is 0 Å². The van der Waals surface area contributed by atoms with Gasteiger partial charge in [-0.15, -0.1) is 0 Å². The van der Waals surface area contributed by atoms with Crippen LogP contribution in [0.4, 0.5) is 0 Å². The smallest absolute Gasteiger partial charge is 0.251 e. The van der Waals surface area contributed by atoms with Gasteiger partial charge in [-0.1, -0.05) is 37.6 Å². The minimum atomic E-state index is -0.165. The molecule has 0 aliphatic rings. The summed E-state index contributed by atoms with van der Waals surface area (Å²) >= 11 is 0. The highest BCUT2D eigenvalue weighted by Gasteiger charge is 2.14. The van der Waals surface area contributed by atoms with Crippen LogP contribution < -0.4 is 10.1 Å². The summed E-state index contributed by atoms with van der Waals surface area (Å²) in [5.41, 5.74) is 2.85. The predicted molar refractivity (Wildman–Crippen MR) is 100 cm³/mol. The van der Waals surface area contributed by atoms with Crippen LogP contribution in [0.15, 0.2) is 48.5 Å². The van der Waals surface area contributed by atoms with Gasteiger partial charge in [-0.2, -0.15) is 0 Å². The number of carbonyl (C=O) groups excluding carboxylic acids is 1. The van der Waals surface area contributed by atoms with Crippen LogP contribution in [0, 0.1) is 6.92 Å². The number of hydrogen-bond donors (Lipinski definition) is 1. The molecule has 0 heterocycles. The Bertz CT molecular complexity index is 667. The normalized spacial score (nSPS) is 11.8. The Balaban J connectivity index is 1.91. The number of rotatable bonds is 9. The Hall–Kier alpha value is -2.33. The molecule has 0 spiro atoms. The zero-order valence-corrected chi connectivity index (χ0v) is 15.2. The number of benzene rings is 2. The minimum absolute atomic E-state index is 0.115. The Morgan fingerprint density at radius 2 is 1.84 bits per heavy atom. The van der Waals surface area contributed by atoms with Gasteiger partial charge in [0.05, 0.1) is 12.7 Å². The molecule has 2 aromatic rings. The van der Waals surface area contributed by atoms with Crippen LogP contribution in [-0.4, -0.2) is 26.2 Å². The zero-order chi connectivity index (χ0) is 18.1. The zero-order valence-electron chi connectivity index (χ0n) is 15.2. The van der Waals surface area contributed by atoms with E-state index in [1.807, 2.05) is 43.3 Å². The van der Waals surface area contributed by atoms with Crippen molar-refractivity contribution in [3.05, 3.63) is 65.2 Å². The van der Waals surface area contributed by atoms with Crippen molar-refractivity contribution in [2.75, 3.05) is 20.3 Å². The van der Waals surface area contributed by atoms with Gasteiger partial charge in [-0.25, -0.2) is 0 Å². The number of ether oxygens (including phenoxy) is 2. The highest BCUT2D eigenvalue weighted by molar-refractivity contribution is 5.94. The van der Waals surface area contributed by atoms with Crippen LogP contribution in [0.25, 0.3) is 0 Å². The van der Waals surface area contributed by atoms with Gasteiger partial charge in [0.2, 0.25) is 0 Å². The van der Waals surface area contributed by atoms with Crippen molar-refractivity contribution in [3.63, 3.8) is 0 Å². The van der Waals surface area contributed by atoms with E-state index in [1.165, 1.54) is 0 Å². The predicted octanol–water partition coefficient (Wildman–Crippen LogP) is 4.29. The average molecular weight is 341 g/mol. The van der Waals surface area contributed by atoms with Gasteiger partial charge >= 0.3 is 0 Å². The van der Waals surface area contributed by atoms with E-state index in [-0.39, 0.29) is 12.0 Å². The Morgan fingerprint density at radius 1 is 1.12 bits per heavy atom. The van der Waals surface area contributed by atoms with Gasteiger partial charge < -0.3 is 14.8 Å². The minimum Gasteiger partial charge on any atom is -0.494 e. The molecule has 0 fully saturated rings. The second kappa shape index (κ2) is 9.84. The summed E-state index contributed by atoms with van der Waals surface area (Å²) in [6.45, 7) is 5.30. The van der Waals surface area contributed by atoms with E-state index in [0.717, 1.165) is 29.7 Å². The molecule has 2 aromatic carbocycles. The van der Waals surface area contributed by atoms with Crippen LogP contribution in [0.5, 0.6) is 5.75 Å². The third kappa shape index (κ3) is 5.61. The molecule has 0 saturated heterocycles. The number of unbranched alkanes of at least 4 members (excludes halogenated alkanes) is 1. The number of aryl methyl sites for hydroxylation is 1. The maximum absolute atomic E-state index is 12.3. The number of methoxy groups -OCH3 is 1. The highest BCUT2D eigenvalue weighted by Crippen LogP contribution is 2.20. The summed E-state index contributed by atoms with van der Waals surface area (Å²) in [7, 11) is 1.66. The fraction of sp³-hybridized carbons (Fsp3) is 0.381. The molecule has 1 amide bonds. The maximum atomic E-state index is 12.3. The van der Waals surface area contributed by atoms with Gasteiger partial charge in [0, 0.05) is 19.2 Å². The summed E-state index contributed by atoms with van der Waals surface area (Å²) in [6, 6.07) is 15.3. The SMILES string of the molecule is CCCCOc1ccc(C(=O)NC[C@H](OC)c2ccccc2C)cc1.